The normalized spacial score (nSPS) is 15.3. The Hall–Kier alpha value is -1.01. The van der Waals surface area contributed by atoms with Gasteiger partial charge in [0.25, 0.3) is 5.91 Å². The van der Waals surface area contributed by atoms with Gasteiger partial charge >= 0.3 is 0 Å². The molecule has 1 aromatic rings. The average molecular weight is 366 g/mol. The lowest BCUT2D eigenvalue weighted by Crippen LogP contribution is -2.53. The third-order valence-corrected chi connectivity index (χ3v) is 3.93. The standard InChI is InChI=1S/C13H15BrClFN2O2/c1-4-13(3,9(19)10(14)16)18-12(20)8-5-7(2)11(15)17-6-8/h5-6,10H,4H2,1-3H3,(H,18,20). The molecule has 0 bridgehead atoms. The molecule has 0 aliphatic heterocycles. The Morgan fingerprint density at radius 1 is 1.60 bits per heavy atom. The number of aromatic nitrogens is 1. The number of halogens is 3. The number of amides is 1. The summed E-state index contributed by atoms with van der Waals surface area (Å²) < 4.78 is 13.1. The van der Waals surface area contributed by atoms with Gasteiger partial charge in [-0.2, -0.15) is 0 Å². The number of nitrogens with zero attached hydrogens (tertiary/aromatic N) is 1. The van der Waals surface area contributed by atoms with Crippen LogP contribution in [0.4, 0.5) is 4.39 Å². The minimum atomic E-state index is -1.82. The monoisotopic (exact) mass is 364 g/mol. The lowest BCUT2D eigenvalue weighted by atomic mass is 9.93. The quantitative estimate of drug-likeness (QED) is 0.644. The van der Waals surface area contributed by atoms with Crippen LogP contribution < -0.4 is 5.32 Å². The first-order valence-corrected chi connectivity index (χ1v) is 7.27. The molecule has 110 valence electrons. The highest BCUT2D eigenvalue weighted by atomic mass is 79.9. The molecule has 0 aromatic carbocycles. The summed E-state index contributed by atoms with van der Waals surface area (Å²) in [6, 6.07) is 1.56. The summed E-state index contributed by atoms with van der Waals surface area (Å²) in [4.78, 5) is 27.8. The SMILES string of the molecule is CCC(C)(NC(=O)c1cnc(Cl)c(C)c1)C(=O)C(F)Br. The van der Waals surface area contributed by atoms with Crippen molar-refractivity contribution in [3.05, 3.63) is 28.5 Å². The smallest absolute Gasteiger partial charge is 0.253 e. The van der Waals surface area contributed by atoms with Gasteiger partial charge < -0.3 is 5.32 Å². The predicted molar refractivity (Wildman–Crippen MR) is 79.0 cm³/mol. The average Bonchev–Trinajstić information content (AvgIpc) is 2.40. The van der Waals surface area contributed by atoms with E-state index in [0.717, 1.165) is 0 Å². The largest absolute Gasteiger partial charge is 0.340 e. The van der Waals surface area contributed by atoms with Crippen molar-refractivity contribution in [1.29, 1.82) is 0 Å². The molecule has 0 aliphatic carbocycles. The number of hydrogen-bond donors (Lipinski definition) is 1. The van der Waals surface area contributed by atoms with E-state index in [1.54, 1.807) is 19.9 Å². The number of ketones is 1. The molecule has 1 N–H and O–H groups in total. The number of hydrogen-bond acceptors (Lipinski definition) is 3. The van der Waals surface area contributed by atoms with Crippen molar-refractivity contribution in [2.24, 2.45) is 0 Å². The molecular formula is C13H15BrClFN2O2. The van der Waals surface area contributed by atoms with Crippen LogP contribution in [-0.4, -0.2) is 27.3 Å². The molecule has 1 aromatic heterocycles. The van der Waals surface area contributed by atoms with Gasteiger partial charge in [0.05, 0.1) is 11.1 Å². The summed E-state index contributed by atoms with van der Waals surface area (Å²) >= 11 is 8.37. The van der Waals surface area contributed by atoms with E-state index in [2.05, 4.69) is 26.2 Å². The van der Waals surface area contributed by atoms with Crippen molar-refractivity contribution in [3.63, 3.8) is 0 Å². The number of aryl methyl sites for hydroxylation is 1. The van der Waals surface area contributed by atoms with Gasteiger partial charge in [0.1, 0.15) is 5.15 Å². The first kappa shape index (κ1) is 17.0. The maximum atomic E-state index is 13.1. The third-order valence-electron chi connectivity index (χ3n) is 3.12. The van der Waals surface area contributed by atoms with Crippen LogP contribution in [0.25, 0.3) is 0 Å². The van der Waals surface area contributed by atoms with Crippen molar-refractivity contribution in [3.8, 4) is 0 Å². The number of rotatable bonds is 5. The Kier molecular flexibility index (Phi) is 5.65. The number of carbonyl (C=O) groups is 2. The minimum Gasteiger partial charge on any atom is -0.340 e. The Labute approximate surface area is 130 Å². The molecule has 0 fully saturated rings. The highest BCUT2D eigenvalue weighted by Gasteiger charge is 2.37. The first-order chi connectivity index (χ1) is 9.21. The summed E-state index contributed by atoms with van der Waals surface area (Å²) in [5.74, 6) is -1.23. The zero-order valence-corrected chi connectivity index (χ0v) is 13.7. The van der Waals surface area contributed by atoms with Gasteiger partial charge in [-0.05, 0) is 47.8 Å². The fourth-order valence-electron chi connectivity index (χ4n) is 1.57. The molecule has 7 heteroatoms. The maximum Gasteiger partial charge on any atom is 0.253 e. The summed E-state index contributed by atoms with van der Waals surface area (Å²) in [7, 11) is 0. The Morgan fingerprint density at radius 3 is 2.65 bits per heavy atom. The summed E-state index contributed by atoms with van der Waals surface area (Å²) in [5, 5.41) is 1.03. The van der Waals surface area contributed by atoms with Crippen LogP contribution in [0.2, 0.25) is 5.15 Å². The molecule has 0 saturated carbocycles. The van der Waals surface area contributed by atoms with E-state index in [0.29, 0.717) is 10.7 Å². The molecule has 2 atom stereocenters. The van der Waals surface area contributed by atoms with E-state index >= 15 is 0 Å². The highest BCUT2D eigenvalue weighted by molar-refractivity contribution is 9.09. The molecule has 4 nitrogen and oxygen atoms in total. The van der Waals surface area contributed by atoms with Crippen molar-refractivity contribution in [2.75, 3.05) is 0 Å². The van der Waals surface area contributed by atoms with Crippen LogP contribution in [0.5, 0.6) is 0 Å². The van der Waals surface area contributed by atoms with Gasteiger partial charge in [0.15, 0.2) is 0 Å². The molecule has 0 spiro atoms. The molecule has 1 amide bonds. The summed E-state index contributed by atoms with van der Waals surface area (Å²) in [6.07, 6.45) is 1.58. The maximum absolute atomic E-state index is 13.1. The van der Waals surface area contributed by atoms with Crippen molar-refractivity contribution in [1.82, 2.24) is 10.3 Å². The molecule has 0 aliphatic rings. The summed E-state index contributed by atoms with van der Waals surface area (Å²) in [5.41, 5.74) is -0.370. The third kappa shape index (κ3) is 3.76. The predicted octanol–water partition coefficient (Wildman–Crippen LogP) is 3.20. The molecule has 20 heavy (non-hydrogen) atoms. The molecule has 0 radical (unpaired) electrons. The van der Waals surface area contributed by atoms with Crippen LogP contribution in [0.3, 0.4) is 0 Å². The Balaban J connectivity index is 2.97. The molecule has 1 rings (SSSR count). The van der Waals surface area contributed by atoms with E-state index in [4.69, 9.17) is 11.6 Å². The second kappa shape index (κ2) is 6.63. The zero-order chi connectivity index (χ0) is 15.5. The van der Waals surface area contributed by atoms with Crippen molar-refractivity contribution >= 4 is 39.2 Å². The minimum absolute atomic E-state index is 0.267. The van der Waals surface area contributed by atoms with Gasteiger partial charge in [-0.3, -0.25) is 9.59 Å². The van der Waals surface area contributed by atoms with Crippen LogP contribution in [-0.2, 0) is 4.79 Å². The number of carbonyl (C=O) groups excluding carboxylic acids is 2. The van der Waals surface area contributed by atoms with Crippen LogP contribution >= 0.6 is 27.5 Å². The van der Waals surface area contributed by atoms with Gasteiger partial charge in [0, 0.05) is 6.20 Å². The zero-order valence-electron chi connectivity index (χ0n) is 11.3. The number of nitrogens with one attached hydrogen (secondary N) is 1. The van der Waals surface area contributed by atoms with E-state index in [9.17, 15) is 14.0 Å². The first-order valence-electron chi connectivity index (χ1n) is 5.98. The number of alkyl halides is 2. The molecule has 1 heterocycles. The number of Topliss-reactive ketones (excluding diaryl/α,β-unsaturated/α-hetero) is 1. The molecule has 2 unspecified atom stereocenters. The Bertz CT molecular complexity index is 539. The van der Waals surface area contributed by atoms with Crippen molar-refractivity contribution < 1.29 is 14.0 Å². The second-order valence-electron chi connectivity index (χ2n) is 4.64. The molecular weight excluding hydrogens is 351 g/mol. The van der Waals surface area contributed by atoms with Crippen LogP contribution in [0.15, 0.2) is 12.3 Å². The fraction of sp³-hybridized carbons (Fsp3) is 0.462. The second-order valence-corrected chi connectivity index (χ2v) is 5.80. The van der Waals surface area contributed by atoms with Gasteiger partial charge in [-0.1, -0.05) is 18.5 Å². The van der Waals surface area contributed by atoms with E-state index < -0.39 is 22.3 Å². The van der Waals surface area contributed by atoms with Gasteiger partial charge in [0.2, 0.25) is 10.9 Å². The number of pyridine rings is 1. The topological polar surface area (TPSA) is 59.1 Å². The Morgan fingerprint density at radius 2 is 2.20 bits per heavy atom. The highest BCUT2D eigenvalue weighted by Crippen LogP contribution is 2.19. The van der Waals surface area contributed by atoms with E-state index in [1.807, 2.05) is 0 Å². The summed E-state index contributed by atoms with van der Waals surface area (Å²) in [6.45, 7) is 4.89. The fourth-order valence-corrected chi connectivity index (χ4v) is 2.18. The lowest BCUT2D eigenvalue weighted by Gasteiger charge is -2.28. The van der Waals surface area contributed by atoms with Gasteiger partial charge in [-0.15, -0.1) is 0 Å². The van der Waals surface area contributed by atoms with E-state index in [-0.39, 0.29) is 12.0 Å². The van der Waals surface area contributed by atoms with Crippen LogP contribution in [0.1, 0.15) is 36.2 Å². The van der Waals surface area contributed by atoms with Crippen LogP contribution in [0, 0.1) is 6.92 Å². The van der Waals surface area contributed by atoms with Crippen molar-refractivity contribution in [2.45, 2.75) is 37.8 Å². The lowest BCUT2D eigenvalue weighted by molar-refractivity contribution is -0.126. The molecule has 0 saturated heterocycles. The van der Waals surface area contributed by atoms with Gasteiger partial charge in [-0.25, -0.2) is 9.37 Å². The van der Waals surface area contributed by atoms with E-state index in [1.165, 1.54) is 13.1 Å².